The normalized spacial score (nSPS) is 23.4. The first kappa shape index (κ1) is 43.2. The van der Waals surface area contributed by atoms with Gasteiger partial charge in [-0.15, -0.1) is 0 Å². The van der Waals surface area contributed by atoms with Crippen LogP contribution in [-0.2, 0) is 29.8 Å². The molecule has 4 aromatic carbocycles. The minimum atomic E-state index is -0.319. The van der Waals surface area contributed by atoms with E-state index in [1.807, 2.05) is 36.4 Å². The van der Waals surface area contributed by atoms with Crippen molar-refractivity contribution in [2.24, 2.45) is 23.7 Å². The summed E-state index contributed by atoms with van der Waals surface area (Å²) in [7, 11) is 0. The predicted molar refractivity (Wildman–Crippen MR) is 251 cm³/mol. The fraction of sp³-hybridized carbons (Fsp3) is 0.491. The van der Waals surface area contributed by atoms with Gasteiger partial charge in [0.15, 0.2) is 5.75 Å². The molecule has 1 atom stereocenters. The Morgan fingerprint density at radius 3 is 1.66 bits per heavy atom. The van der Waals surface area contributed by atoms with Gasteiger partial charge in [-0.05, 0) is 176 Å². The first-order chi connectivity index (χ1) is 30.0. The van der Waals surface area contributed by atoms with Crippen LogP contribution in [0.3, 0.4) is 0 Å². The second-order valence-electron chi connectivity index (χ2n) is 19.1. The molecule has 0 bridgehead atoms. The molecular weight excluding hydrogens is 749 g/mol. The molecule has 0 amide bonds. The van der Waals surface area contributed by atoms with Gasteiger partial charge in [-0.25, -0.2) is 4.79 Å². The summed E-state index contributed by atoms with van der Waals surface area (Å²) in [6.07, 6.45) is 35.2. The van der Waals surface area contributed by atoms with Gasteiger partial charge in [0.2, 0.25) is 0 Å². The number of carbonyl (C=O) groups is 1. The average Bonchev–Trinajstić information content (AvgIpc) is 3.86. The number of ether oxygens (including phenoxy) is 1. The molecule has 1 unspecified atom stereocenters. The Labute approximate surface area is 367 Å². The maximum Gasteiger partial charge on any atom is 0.343 e. The SMILES string of the molecule is CCCCCC1CCC(C=Cc2ccc(COOc3ccc4c(c3)C3(CC4)CCc4ccc(OC(=O)c5ccc(C=CC6CCC(CCCCC)CC6)cc5)cc43)cc2)CC1. The van der Waals surface area contributed by atoms with Gasteiger partial charge in [0.25, 0.3) is 0 Å². The number of hydrogen-bond donors (Lipinski definition) is 0. The van der Waals surface area contributed by atoms with E-state index in [0.29, 0.717) is 29.8 Å². The predicted octanol–water partition coefficient (Wildman–Crippen LogP) is 15.4. The molecule has 0 radical (unpaired) electrons. The Morgan fingerprint density at radius 1 is 0.607 bits per heavy atom. The molecule has 0 saturated heterocycles. The lowest BCUT2D eigenvalue weighted by Crippen LogP contribution is -2.21. The molecule has 2 fully saturated rings. The zero-order chi connectivity index (χ0) is 41.9. The lowest BCUT2D eigenvalue weighted by molar-refractivity contribution is -0.217. The van der Waals surface area contributed by atoms with Crippen LogP contribution in [0.15, 0.2) is 97.1 Å². The molecule has 4 aliphatic rings. The van der Waals surface area contributed by atoms with Crippen molar-refractivity contribution in [2.75, 3.05) is 0 Å². The fourth-order valence-corrected chi connectivity index (χ4v) is 11.0. The summed E-state index contributed by atoms with van der Waals surface area (Å²) >= 11 is 0. The quantitative estimate of drug-likeness (QED) is 0.0330. The standard InChI is InChI=1S/C57H70O4/c1-3-5-7-9-42-11-15-44(16-12-42)19-20-46-23-25-48(26-24-46)41-59-61-53-34-32-50-36-38-57(55(50)40-53)37-35-49-31-33-52(39-54(49)57)60-56(58)51-29-27-47(28-30-51)22-21-45-17-13-43(14-18-45)10-8-6-4-2/h19-34,39-40,42-45H,3-18,35-38,41H2,1-2H3. The summed E-state index contributed by atoms with van der Waals surface area (Å²) in [5.41, 5.74) is 9.18. The van der Waals surface area contributed by atoms with Crippen LogP contribution in [0.2, 0.25) is 0 Å². The van der Waals surface area contributed by atoms with Gasteiger partial charge in [-0.2, -0.15) is 4.89 Å². The zero-order valence-corrected chi connectivity index (χ0v) is 37.2. The molecule has 0 aliphatic heterocycles. The molecule has 4 aliphatic carbocycles. The van der Waals surface area contributed by atoms with Crippen molar-refractivity contribution in [2.45, 2.75) is 154 Å². The van der Waals surface area contributed by atoms with Crippen LogP contribution in [0.25, 0.3) is 12.2 Å². The number of rotatable bonds is 18. The minimum Gasteiger partial charge on any atom is -0.423 e. The van der Waals surface area contributed by atoms with E-state index in [1.54, 1.807) is 0 Å². The van der Waals surface area contributed by atoms with Crippen molar-refractivity contribution in [1.29, 1.82) is 0 Å². The largest absolute Gasteiger partial charge is 0.423 e. The van der Waals surface area contributed by atoms with Gasteiger partial charge in [-0.1, -0.05) is 138 Å². The molecule has 2 saturated carbocycles. The summed E-state index contributed by atoms with van der Waals surface area (Å²) in [6.45, 7) is 4.97. The van der Waals surface area contributed by atoms with Crippen LogP contribution in [0.4, 0.5) is 0 Å². The van der Waals surface area contributed by atoms with Crippen LogP contribution in [0.1, 0.15) is 179 Å². The van der Waals surface area contributed by atoms with Crippen molar-refractivity contribution < 1.29 is 19.3 Å². The topological polar surface area (TPSA) is 44.8 Å². The molecule has 0 N–H and O–H groups in total. The maximum absolute atomic E-state index is 13.4. The third kappa shape index (κ3) is 11.2. The molecular formula is C57H70O4. The molecule has 4 heteroatoms. The van der Waals surface area contributed by atoms with Gasteiger partial charge in [0, 0.05) is 5.41 Å². The highest BCUT2D eigenvalue weighted by molar-refractivity contribution is 5.91. The number of carbonyl (C=O) groups excluding carboxylic acids is 1. The number of benzene rings is 4. The maximum atomic E-state index is 13.4. The van der Waals surface area contributed by atoms with E-state index < -0.39 is 0 Å². The van der Waals surface area contributed by atoms with Gasteiger partial charge < -0.3 is 9.62 Å². The van der Waals surface area contributed by atoms with E-state index in [0.717, 1.165) is 54.4 Å². The Morgan fingerprint density at radius 2 is 1.11 bits per heavy atom. The summed E-state index contributed by atoms with van der Waals surface area (Å²) in [5.74, 6) is 4.25. The van der Waals surface area contributed by atoms with Crippen LogP contribution >= 0.6 is 0 Å². The van der Waals surface area contributed by atoms with Crippen LogP contribution in [0, 0.1) is 23.7 Å². The van der Waals surface area contributed by atoms with Gasteiger partial charge in [0.1, 0.15) is 12.4 Å². The van der Waals surface area contributed by atoms with Crippen LogP contribution < -0.4 is 9.62 Å². The number of aryl methyl sites for hydroxylation is 2. The van der Waals surface area contributed by atoms with E-state index >= 15 is 0 Å². The Kier molecular flexibility index (Phi) is 15.0. The van der Waals surface area contributed by atoms with Crippen molar-refractivity contribution in [3.8, 4) is 11.5 Å². The summed E-state index contributed by atoms with van der Waals surface area (Å²) < 4.78 is 6.04. The smallest absolute Gasteiger partial charge is 0.343 e. The number of allylic oxidation sites excluding steroid dienone is 2. The second-order valence-corrected chi connectivity index (χ2v) is 19.1. The van der Waals surface area contributed by atoms with E-state index in [4.69, 9.17) is 14.5 Å². The number of esters is 1. The monoisotopic (exact) mass is 819 g/mol. The van der Waals surface area contributed by atoms with E-state index in [-0.39, 0.29) is 11.4 Å². The average molecular weight is 819 g/mol. The molecule has 8 rings (SSSR count). The number of hydrogen-bond acceptors (Lipinski definition) is 4. The van der Waals surface area contributed by atoms with E-state index in [2.05, 4.69) is 86.7 Å². The van der Waals surface area contributed by atoms with Crippen molar-refractivity contribution in [1.82, 2.24) is 0 Å². The van der Waals surface area contributed by atoms with E-state index in [1.165, 1.54) is 131 Å². The van der Waals surface area contributed by atoms with Crippen molar-refractivity contribution in [3.05, 3.63) is 142 Å². The van der Waals surface area contributed by atoms with Crippen LogP contribution in [-0.4, -0.2) is 5.97 Å². The molecule has 4 nitrogen and oxygen atoms in total. The number of fused-ring (bicyclic) bond motifs is 4. The Hall–Kier alpha value is -4.41. The van der Waals surface area contributed by atoms with Gasteiger partial charge in [0.05, 0.1) is 5.56 Å². The van der Waals surface area contributed by atoms with E-state index in [9.17, 15) is 4.79 Å². The summed E-state index contributed by atoms with van der Waals surface area (Å²) in [5, 5.41) is 0. The highest BCUT2D eigenvalue weighted by atomic mass is 17.2. The highest BCUT2D eigenvalue weighted by Crippen LogP contribution is 2.53. The summed E-state index contributed by atoms with van der Waals surface area (Å²) in [4.78, 5) is 25.1. The first-order valence-electron chi connectivity index (χ1n) is 24.3. The van der Waals surface area contributed by atoms with Gasteiger partial charge in [-0.3, -0.25) is 0 Å². The lowest BCUT2D eigenvalue weighted by Gasteiger charge is -2.27. The Bertz CT molecular complexity index is 2070. The zero-order valence-electron chi connectivity index (χ0n) is 37.2. The molecule has 0 aromatic heterocycles. The molecule has 1 spiro atoms. The van der Waals surface area contributed by atoms with Crippen molar-refractivity contribution in [3.63, 3.8) is 0 Å². The number of unbranched alkanes of at least 4 members (excludes halogenated alkanes) is 4. The highest BCUT2D eigenvalue weighted by Gasteiger charge is 2.45. The molecule has 61 heavy (non-hydrogen) atoms. The minimum absolute atomic E-state index is 0.119. The van der Waals surface area contributed by atoms with Gasteiger partial charge >= 0.3 is 5.97 Å². The first-order valence-corrected chi connectivity index (χ1v) is 24.3. The van der Waals surface area contributed by atoms with Crippen LogP contribution in [0.5, 0.6) is 11.5 Å². The third-order valence-electron chi connectivity index (χ3n) is 14.9. The lowest BCUT2D eigenvalue weighted by atomic mass is 9.76. The summed E-state index contributed by atoms with van der Waals surface area (Å²) in [6, 6.07) is 29.1. The van der Waals surface area contributed by atoms with Crippen molar-refractivity contribution >= 4 is 18.1 Å². The molecule has 4 aromatic rings. The molecule has 0 heterocycles. The second kappa shape index (κ2) is 21.1. The fourth-order valence-electron chi connectivity index (χ4n) is 11.0. The molecule has 322 valence electrons. The third-order valence-corrected chi connectivity index (χ3v) is 14.9. The Balaban J connectivity index is 0.823.